The third kappa shape index (κ3) is 2.61. The lowest BCUT2D eigenvalue weighted by atomic mass is 10.2. The highest BCUT2D eigenvalue weighted by atomic mass is 32.2. The Morgan fingerprint density at radius 1 is 1.58 bits per heavy atom. The molecule has 0 aliphatic rings. The van der Waals surface area contributed by atoms with Crippen molar-refractivity contribution in [3.05, 3.63) is 36.9 Å². The summed E-state index contributed by atoms with van der Waals surface area (Å²) in [5, 5.41) is 14.0. The minimum absolute atomic E-state index is 0.0917. The van der Waals surface area contributed by atoms with E-state index in [0.717, 1.165) is 22.9 Å². The normalized spacial score (nSPS) is 10.3. The van der Waals surface area contributed by atoms with Gasteiger partial charge in [-0.3, -0.25) is 0 Å². The van der Waals surface area contributed by atoms with E-state index in [2.05, 4.69) is 16.4 Å². The SMILES string of the molecule is C=CCn1c(O)c(NC(=S)SN=N)c2ccccc21. The van der Waals surface area contributed by atoms with Crippen LogP contribution in [0.1, 0.15) is 0 Å². The van der Waals surface area contributed by atoms with E-state index < -0.39 is 0 Å². The lowest BCUT2D eigenvalue weighted by molar-refractivity contribution is 0.432. The summed E-state index contributed by atoms with van der Waals surface area (Å²) >= 11 is 5.87. The first-order chi connectivity index (χ1) is 9.19. The molecule has 0 saturated heterocycles. The molecular weight excluding hydrogens is 280 g/mol. The van der Waals surface area contributed by atoms with Crippen LogP contribution in [0.5, 0.6) is 5.88 Å². The third-order valence-electron chi connectivity index (χ3n) is 2.61. The molecule has 0 radical (unpaired) electrons. The van der Waals surface area contributed by atoms with Crippen LogP contribution in [0.15, 0.2) is 41.4 Å². The van der Waals surface area contributed by atoms with Gasteiger partial charge in [-0.1, -0.05) is 36.5 Å². The number of benzene rings is 1. The van der Waals surface area contributed by atoms with Gasteiger partial charge in [0.1, 0.15) is 5.69 Å². The molecule has 5 nitrogen and oxygen atoms in total. The summed E-state index contributed by atoms with van der Waals surface area (Å²) in [6.45, 7) is 4.18. The van der Waals surface area contributed by atoms with Gasteiger partial charge in [0.15, 0.2) is 4.32 Å². The summed E-state index contributed by atoms with van der Waals surface area (Å²) in [5.41, 5.74) is 8.18. The number of fused-ring (bicyclic) bond motifs is 1. The number of nitrogens with zero attached hydrogens (tertiary/aromatic N) is 2. The summed E-state index contributed by atoms with van der Waals surface area (Å²) in [6.07, 6.45) is 1.71. The van der Waals surface area contributed by atoms with Crippen LogP contribution < -0.4 is 5.32 Å². The summed E-state index contributed by atoms with van der Waals surface area (Å²) in [4.78, 5) is 0. The third-order valence-corrected chi connectivity index (χ3v) is 3.30. The molecule has 0 aliphatic carbocycles. The van der Waals surface area contributed by atoms with E-state index >= 15 is 0 Å². The predicted octanol–water partition coefficient (Wildman–Crippen LogP) is 3.91. The fraction of sp³-hybridized carbons (Fsp3) is 0.0833. The van der Waals surface area contributed by atoms with E-state index in [0.29, 0.717) is 16.6 Å². The Balaban J connectivity index is 2.53. The van der Waals surface area contributed by atoms with E-state index in [-0.39, 0.29) is 5.88 Å². The highest BCUT2D eigenvalue weighted by Crippen LogP contribution is 2.36. The Morgan fingerprint density at radius 3 is 3.00 bits per heavy atom. The van der Waals surface area contributed by atoms with Crippen LogP contribution in [0, 0.1) is 5.53 Å². The van der Waals surface area contributed by atoms with Crippen molar-refractivity contribution in [1.29, 1.82) is 5.53 Å². The van der Waals surface area contributed by atoms with Gasteiger partial charge < -0.3 is 15.0 Å². The molecule has 3 N–H and O–H groups in total. The maximum Gasteiger partial charge on any atom is 0.216 e. The van der Waals surface area contributed by atoms with Crippen LogP contribution in [-0.4, -0.2) is 14.0 Å². The van der Waals surface area contributed by atoms with Gasteiger partial charge in [0.2, 0.25) is 5.88 Å². The van der Waals surface area contributed by atoms with Crippen molar-refractivity contribution >= 4 is 45.1 Å². The molecule has 1 aromatic carbocycles. The zero-order valence-corrected chi connectivity index (χ0v) is 11.6. The van der Waals surface area contributed by atoms with Crippen molar-refractivity contribution in [2.75, 3.05) is 5.32 Å². The first kappa shape index (κ1) is 13.6. The van der Waals surface area contributed by atoms with Crippen molar-refractivity contribution in [3.8, 4) is 5.88 Å². The summed E-state index contributed by atoms with van der Waals surface area (Å²) in [6, 6.07) is 7.59. The Bertz CT molecular complexity index is 650. The number of allylic oxidation sites excluding steroid dienone is 1. The Labute approximate surface area is 120 Å². The minimum Gasteiger partial charge on any atom is -0.493 e. The predicted molar refractivity (Wildman–Crippen MR) is 82.8 cm³/mol. The smallest absolute Gasteiger partial charge is 0.216 e. The van der Waals surface area contributed by atoms with Gasteiger partial charge in [0.05, 0.1) is 17.5 Å². The first-order valence-corrected chi connectivity index (χ1v) is 6.63. The molecule has 19 heavy (non-hydrogen) atoms. The van der Waals surface area contributed by atoms with Crippen molar-refractivity contribution in [3.63, 3.8) is 0 Å². The molecule has 0 spiro atoms. The molecule has 7 heteroatoms. The van der Waals surface area contributed by atoms with Crippen LogP contribution in [0.4, 0.5) is 5.69 Å². The number of rotatable bonds is 4. The average Bonchev–Trinajstić information content (AvgIpc) is 2.66. The summed E-state index contributed by atoms with van der Waals surface area (Å²) in [7, 11) is 0. The molecule has 0 bridgehead atoms. The van der Waals surface area contributed by atoms with Crippen LogP contribution >= 0.6 is 24.2 Å². The highest BCUT2D eigenvalue weighted by molar-refractivity contribution is 8.22. The van der Waals surface area contributed by atoms with E-state index in [4.69, 9.17) is 17.7 Å². The van der Waals surface area contributed by atoms with E-state index in [1.54, 1.807) is 10.6 Å². The zero-order valence-electron chi connectivity index (χ0n) is 9.96. The molecule has 0 amide bonds. The van der Waals surface area contributed by atoms with Crippen molar-refractivity contribution in [2.24, 2.45) is 4.52 Å². The van der Waals surface area contributed by atoms with Gasteiger partial charge in [0, 0.05) is 11.9 Å². The Hall–Kier alpha value is -1.86. The standard InChI is InChI=1S/C12H12N4OS2/c1-2-7-16-9-6-4-3-5-8(9)10(11(16)17)14-12(18)19-15-13/h2-6,13,17H,1,7H2,(H,14,18). The fourth-order valence-electron chi connectivity index (χ4n) is 1.89. The van der Waals surface area contributed by atoms with E-state index in [1.807, 2.05) is 24.3 Å². The molecule has 0 saturated carbocycles. The van der Waals surface area contributed by atoms with Crippen molar-refractivity contribution in [2.45, 2.75) is 6.54 Å². The molecule has 1 aromatic heterocycles. The quantitative estimate of drug-likeness (QED) is 0.346. The molecule has 2 aromatic rings. The van der Waals surface area contributed by atoms with Gasteiger partial charge in [-0.2, -0.15) is 5.53 Å². The minimum atomic E-state index is 0.0917. The molecule has 1 heterocycles. The number of nitrogens with one attached hydrogen (secondary N) is 2. The average molecular weight is 292 g/mol. The van der Waals surface area contributed by atoms with E-state index in [1.165, 1.54) is 0 Å². The number of thiocarbonyl (C=S) groups is 1. The number of anilines is 1. The van der Waals surface area contributed by atoms with Gasteiger partial charge in [-0.25, -0.2) is 0 Å². The number of hydrogen-bond acceptors (Lipinski definition) is 5. The van der Waals surface area contributed by atoms with Crippen LogP contribution in [0.25, 0.3) is 10.9 Å². The Morgan fingerprint density at radius 2 is 2.32 bits per heavy atom. The molecule has 0 aliphatic heterocycles. The fourth-order valence-corrected chi connectivity index (χ4v) is 2.34. The van der Waals surface area contributed by atoms with Crippen LogP contribution in [0.3, 0.4) is 0 Å². The zero-order chi connectivity index (χ0) is 13.8. The maximum absolute atomic E-state index is 10.3. The number of aromatic nitrogens is 1. The van der Waals surface area contributed by atoms with Gasteiger partial charge >= 0.3 is 0 Å². The number of hydrogen-bond donors (Lipinski definition) is 3. The lowest BCUT2D eigenvalue weighted by Gasteiger charge is -2.05. The molecule has 0 unspecified atom stereocenters. The topological polar surface area (TPSA) is 73.4 Å². The molecule has 2 rings (SSSR count). The van der Waals surface area contributed by atoms with Gasteiger partial charge in [0.25, 0.3) is 0 Å². The maximum atomic E-state index is 10.3. The summed E-state index contributed by atoms with van der Waals surface area (Å²) < 4.78 is 5.19. The largest absolute Gasteiger partial charge is 0.493 e. The second kappa shape index (κ2) is 5.85. The van der Waals surface area contributed by atoms with Gasteiger partial charge in [-0.15, -0.1) is 11.1 Å². The first-order valence-electron chi connectivity index (χ1n) is 5.45. The second-order valence-corrected chi connectivity index (χ2v) is 5.15. The highest BCUT2D eigenvalue weighted by Gasteiger charge is 2.16. The second-order valence-electron chi connectivity index (χ2n) is 3.71. The Kier molecular flexibility index (Phi) is 4.18. The lowest BCUT2D eigenvalue weighted by Crippen LogP contribution is -2.03. The number of aromatic hydroxyl groups is 1. The van der Waals surface area contributed by atoms with Crippen molar-refractivity contribution < 1.29 is 5.11 Å². The molecule has 0 atom stereocenters. The van der Waals surface area contributed by atoms with Gasteiger partial charge in [-0.05, 0) is 6.07 Å². The summed E-state index contributed by atoms with van der Waals surface area (Å²) in [5.74, 6) is 0.0917. The number of para-hydroxylation sites is 1. The van der Waals surface area contributed by atoms with Crippen LogP contribution in [-0.2, 0) is 6.54 Å². The molecule has 0 fully saturated rings. The molecule has 98 valence electrons. The van der Waals surface area contributed by atoms with Crippen LogP contribution in [0.2, 0.25) is 0 Å². The van der Waals surface area contributed by atoms with Crippen molar-refractivity contribution in [1.82, 2.24) is 4.57 Å². The molecular formula is C12H12N4OS2. The van der Waals surface area contributed by atoms with E-state index in [9.17, 15) is 5.11 Å². The monoisotopic (exact) mass is 292 g/mol.